The van der Waals surface area contributed by atoms with Gasteiger partial charge in [-0.3, -0.25) is 0 Å². The van der Waals surface area contributed by atoms with Crippen LogP contribution in [0.3, 0.4) is 0 Å². The number of hydrogen-bond acceptors (Lipinski definition) is 3. The molecule has 1 aliphatic carbocycles. The third-order valence-electron chi connectivity index (χ3n) is 2.72. The van der Waals surface area contributed by atoms with Crippen LogP contribution in [0.2, 0.25) is 0 Å². The van der Waals surface area contributed by atoms with Crippen LogP contribution in [0.5, 0.6) is 0 Å². The molecular weight excluding hydrogens is 190 g/mol. The van der Waals surface area contributed by atoms with Gasteiger partial charge < -0.3 is 16.3 Å². The van der Waals surface area contributed by atoms with E-state index in [2.05, 4.69) is 16.5 Å². The van der Waals surface area contributed by atoms with Crippen molar-refractivity contribution in [3.05, 3.63) is 11.6 Å². The molecule has 0 fully saturated rings. The van der Waals surface area contributed by atoms with E-state index in [0.717, 1.165) is 13.0 Å². The molecule has 0 aromatic rings. The van der Waals surface area contributed by atoms with Crippen LogP contribution in [-0.2, 0) is 0 Å². The maximum atomic E-state index is 8.41. The van der Waals surface area contributed by atoms with Gasteiger partial charge in [0.15, 0.2) is 0 Å². The highest BCUT2D eigenvalue weighted by Crippen LogP contribution is 2.19. The zero-order chi connectivity index (χ0) is 11.1. The summed E-state index contributed by atoms with van der Waals surface area (Å²) in [5.74, 6) is 0.287. The van der Waals surface area contributed by atoms with Crippen LogP contribution in [0.25, 0.3) is 0 Å². The van der Waals surface area contributed by atoms with Crippen molar-refractivity contribution in [1.29, 1.82) is 0 Å². The molecule has 0 aliphatic heterocycles. The van der Waals surface area contributed by atoms with E-state index in [-0.39, 0.29) is 11.9 Å². The van der Waals surface area contributed by atoms with Gasteiger partial charge in [0.1, 0.15) is 5.84 Å². The molecule has 4 heteroatoms. The minimum atomic E-state index is 0.267. The second-order valence-corrected chi connectivity index (χ2v) is 4.16. The van der Waals surface area contributed by atoms with Crippen molar-refractivity contribution in [2.24, 2.45) is 10.9 Å². The van der Waals surface area contributed by atoms with Crippen molar-refractivity contribution >= 4 is 5.84 Å². The topological polar surface area (TPSA) is 70.6 Å². The zero-order valence-corrected chi connectivity index (χ0v) is 9.37. The highest BCUT2D eigenvalue weighted by atomic mass is 16.4. The van der Waals surface area contributed by atoms with Crippen LogP contribution >= 0.6 is 0 Å². The predicted octanol–water partition coefficient (Wildman–Crippen LogP) is 1.60. The molecule has 1 unspecified atom stereocenters. The van der Waals surface area contributed by atoms with Gasteiger partial charge >= 0.3 is 0 Å². The lowest BCUT2D eigenvalue weighted by Gasteiger charge is -2.12. The summed E-state index contributed by atoms with van der Waals surface area (Å²) in [4.78, 5) is 0. The number of nitrogens with one attached hydrogen (secondary N) is 1. The van der Waals surface area contributed by atoms with E-state index >= 15 is 0 Å². The highest BCUT2D eigenvalue weighted by molar-refractivity contribution is 5.80. The molecule has 0 aromatic heterocycles. The first-order valence-corrected chi connectivity index (χ1v) is 5.60. The first-order chi connectivity index (χ1) is 7.22. The third kappa shape index (κ3) is 4.83. The van der Waals surface area contributed by atoms with Gasteiger partial charge in [-0.15, -0.1) is 0 Å². The van der Waals surface area contributed by atoms with Gasteiger partial charge in [-0.1, -0.05) is 16.8 Å². The summed E-state index contributed by atoms with van der Waals surface area (Å²) in [6.45, 7) is 3.02. The van der Waals surface area contributed by atoms with Crippen molar-refractivity contribution in [1.82, 2.24) is 5.32 Å². The fourth-order valence-electron chi connectivity index (χ4n) is 1.87. The molecule has 0 spiro atoms. The number of rotatable bonds is 6. The molecule has 1 atom stereocenters. The molecule has 1 aliphatic rings. The summed E-state index contributed by atoms with van der Waals surface area (Å²) < 4.78 is 0. The number of amidine groups is 1. The quantitative estimate of drug-likeness (QED) is 0.205. The molecule has 0 heterocycles. The fourth-order valence-corrected chi connectivity index (χ4v) is 1.87. The van der Waals surface area contributed by atoms with Crippen LogP contribution in [-0.4, -0.2) is 23.6 Å². The molecule has 1 rings (SSSR count). The normalized spacial score (nSPS) is 19.0. The number of nitrogens with zero attached hydrogens (tertiary/aromatic N) is 1. The minimum Gasteiger partial charge on any atom is -0.409 e. The van der Waals surface area contributed by atoms with Gasteiger partial charge in [-0.2, -0.15) is 0 Å². The molecule has 0 bridgehead atoms. The average molecular weight is 211 g/mol. The lowest BCUT2D eigenvalue weighted by molar-refractivity contribution is 0.316. The lowest BCUT2D eigenvalue weighted by Crippen LogP contribution is -2.31. The molecule has 0 saturated heterocycles. The Kier molecular flexibility index (Phi) is 5.18. The Hall–Kier alpha value is -1.03. The van der Waals surface area contributed by atoms with Gasteiger partial charge in [0.05, 0.1) is 0 Å². The van der Waals surface area contributed by atoms with Gasteiger partial charge in [0.2, 0.25) is 0 Å². The van der Waals surface area contributed by atoms with Crippen molar-refractivity contribution < 1.29 is 5.21 Å². The van der Waals surface area contributed by atoms with Gasteiger partial charge in [-0.25, -0.2) is 0 Å². The fraction of sp³-hybridized carbons (Fsp3) is 0.727. The SMILES string of the molecule is CC(CC(N)=NO)NCCC1=CCCC1. The highest BCUT2D eigenvalue weighted by Gasteiger charge is 2.06. The van der Waals surface area contributed by atoms with E-state index < -0.39 is 0 Å². The molecule has 0 saturated carbocycles. The molecule has 0 aromatic carbocycles. The van der Waals surface area contributed by atoms with Crippen LogP contribution in [0.15, 0.2) is 16.8 Å². The van der Waals surface area contributed by atoms with Gasteiger partial charge in [0.25, 0.3) is 0 Å². The van der Waals surface area contributed by atoms with Gasteiger partial charge in [0, 0.05) is 12.5 Å². The largest absolute Gasteiger partial charge is 0.409 e. The Balaban J connectivity index is 2.08. The first kappa shape index (κ1) is 12.0. The summed E-state index contributed by atoms with van der Waals surface area (Å²) in [6.07, 6.45) is 7.88. The molecule has 0 amide bonds. The minimum absolute atomic E-state index is 0.267. The van der Waals surface area contributed by atoms with Crippen LogP contribution in [0, 0.1) is 0 Å². The van der Waals surface area contributed by atoms with Crippen molar-refractivity contribution in [3.8, 4) is 0 Å². The van der Waals surface area contributed by atoms with Crippen LogP contribution < -0.4 is 11.1 Å². The van der Waals surface area contributed by atoms with Gasteiger partial charge in [-0.05, 0) is 39.2 Å². The summed E-state index contributed by atoms with van der Waals surface area (Å²) in [7, 11) is 0. The zero-order valence-electron chi connectivity index (χ0n) is 9.37. The summed E-state index contributed by atoms with van der Waals surface area (Å²) in [5, 5.41) is 14.7. The Labute approximate surface area is 91.2 Å². The van der Waals surface area contributed by atoms with E-state index in [1.54, 1.807) is 5.57 Å². The van der Waals surface area contributed by atoms with E-state index in [1.807, 2.05) is 6.92 Å². The van der Waals surface area contributed by atoms with E-state index in [0.29, 0.717) is 6.42 Å². The van der Waals surface area contributed by atoms with E-state index in [9.17, 15) is 0 Å². The maximum Gasteiger partial charge on any atom is 0.140 e. The second-order valence-electron chi connectivity index (χ2n) is 4.16. The Morgan fingerprint density at radius 1 is 1.73 bits per heavy atom. The van der Waals surface area contributed by atoms with Crippen LogP contribution in [0.1, 0.15) is 39.0 Å². The molecule has 0 radical (unpaired) electrons. The third-order valence-corrected chi connectivity index (χ3v) is 2.72. The Morgan fingerprint density at radius 2 is 2.53 bits per heavy atom. The molecule has 4 nitrogen and oxygen atoms in total. The Bertz CT molecular complexity index is 248. The van der Waals surface area contributed by atoms with Crippen LogP contribution in [0.4, 0.5) is 0 Å². The standard InChI is InChI=1S/C11H21N3O/c1-9(8-11(12)14-15)13-7-6-10-4-2-3-5-10/h4,9,13,15H,2-3,5-8H2,1H3,(H2,12,14). The molecular formula is C11H21N3O. The smallest absolute Gasteiger partial charge is 0.140 e. The van der Waals surface area contributed by atoms with E-state index in [4.69, 9.17) is 10.9 Å². The number of nitrogens with two attached hydrogens (primary N) is 1. The maximum absolute atomic E-state index is 8.41. The average Bonchev–Trinajstić information content (AvgIpc) is 2.70. The molecule has 4 N–H and O–H groups in total. The Morgan fingerprint density at radius 3 is 3.13 bits per heavy atom. The van der Waals surface area contributed by atoms with Crippen molar-refractivity contribution in [3.63, 3.8) is 0 Å². The number of hydrogen-bond donors (Lipinski definition) is 3. The summed E-state index contributed by atoms with van der Waals surface area (Å²) in [6, 6.07) is 0.267. The predicted molar refractivity (Wildman–Crippen MR) is 62.0 cm³/mol. The van der Waals surface area contributed by atoms with E-state index in [1.165, 1.54) is 19.3 Å². The number of oxime groups is 1. The summed E-state index contributed by atoms with van der Waals surface area (Å²) in [5.41, 5.74) is 6.98. The molecule has 86 valence electrons. The van der Waals surface area contributed by atoms with Crippen molar-refractivity contribution in [2.45, 2.75) is 45.1 Å². The first-order valence-electron chi connectivity index (χ1n) is 5.60. The molecule has 15 heavy (non-hydrogen) atoms. The second kappa shape index (κ2) is 6.45. The van der Waals surface area contributed by atoms with Crippen molar-refractivity contribution in [2.75, 3.05) is 6.54 Å². The number of allylic oxidation sites excluding steroid dienone is 1. The lowest BCUT2D eigenvalue weighted by atomic mass is 10.1. The summed E-state index contributed by atoms with van der Waals surface area (Å²) >= 11 is 0. The monoisotopic (exact) mass is 211 g/mol.